The number of anilines is 1. The molecule has 1 aliphatic heterocycles. The van der Waals surface area contributed by atoms with E-state index in [0.717, 1.165) is 16.7 Å². The third kappa shape index (κ3) is 6.34. The third-order valence-electron chi connectivity index (χ3n) is 4.43. The van der Waals surface area contributed by atoms with Crippen molar-refractivity contribution in [2.24, 2.45) is 0 Å². The lowest BCUT2D eigenvalue weighted by molar-refractivity contribution is 0.0270. The van der Waals surface area contributed by atoms with Crippen molar-refractivity contribution >= 4 is 23.4 Å². The van der Waals surface area contributed by atoms with E-state index in [0.29, 0.717) is 25.2 Å². The van der Waals surface area contributed by atoms with E-state index >= 15 is 0 Å². The predicted molar refractivity (Wildman–Crippen MR) is 115 cm³/mol. The molecule has 7 nitrogen and oxygen atoms in total. The van der Waals surface area contributed by atoms with Crippen LogP contribution in [-0.2, 0) is 16.1 Å². The summed E-state index contributed by atoms with van der Waals surface area (Å²) in [6.07, 6.45) is 5.14. The highest BCUT2D eigenvalue weighted by Gasteiger charge is 2.24. The van der Waals surface area contributed by atoms with Gasteiger partial charge in [0.05, 0.1) is 11.9 Å². The number of aromatic nitrogens is 1. The Hall–Kier alpha value is -3.35. The number of carbonyl (C=O) groups excluding carboxylic acids is 2. The van der Waals surface area contributed by atoms with Crippen molar-refractivity contribution in [3.8, 4) is 0 Å². The molecule has 0 saturated heterocycles. The van der Waals surface area contributed by atoms with Crippen LogP contribution in [0.3, 0.4) is 0 Å². The molecule has 2 aromatic rings. The molecule has 1 aromatic carbocycles. The number of carbonyl (C=O) groups is 2. The van der Waals surface area contributed by atoms with E-state index in [2.05, 4.69) is 10.3 Å². The van der Waals surface area contributed by atoms with Gasteiger partial charge in [0.1, 0.15) is 12.2 Å². The topological polar surface area (TPSA) is 80.8 Å². The zero-order chi connectivity index (χ0) is 21.6. The second-order valence-corrected chi connectivity index (χ2v) is 8.05. The van der Waals surface area contributed by atoms with Gasteiger partial charge in [-0.25, -0.2) is 9.59 Å². The monoisotopic (exact) mass is 409 g/mol. The minimum absolute atomic E-state index is 0.200. The summed E-state index contributed by atoms with van der Waals surface area (Å²) in [6, 6.07) is 11.3. The normalized spacial score (nSPS) is 14.0. The quantitative estimate of drug-likeness (QED) is 0.780. The van der Waals surface area contributed by atoms with Gasteiger partial charge in [-0.3, -0.25) is 10.3 Å². The number of hydrogen-bond donors (Lipinski definition) is 1. The molecule has 7 heteroatoms. The predicted octanol–water partition coefficient (Wildman–Crippen LogP) is 4.85. The first-order valence-electron chi connectivity index (χ1n) is 9.90. The van der Waals surface area contributed by atoms with E-state index in [1.165, 1.54) is 0 Å². The Bertz CT molecular complexity index is 920. The van der Waals surface area contributed by atoms with Gasteiger partial charge in [0.2, 0.25) is 0 Å². The largest absolute Gasteiger partial charge is 0.444 e. The molecule has 1 N–H and O–H groups in total. The maximum atomic E-state index is 12.2. The minimum Gasteiger partial charge on any atom is -0.444 e. The average molecular weight is 409 g/mol. The van der Waals surface area contributed by atoms with Crippen LogP contribution in [0, 0.1) is 0 Å². The molecule has 0 saturated carbocycles. The van der Waals surface area contributed by atoms with Gasteiger partial charge in [-0.2, -0.15) is 0 Å². The molecule has 2 amide bonds. The van der Waals surface area contributed by atoms with Gasteiger partial charge in [0.25, 0.3) is 0 Å². The number of pyridine rings is 1. The van der Waals surface area contributed by atoms with Crippen LogP contribution in [0.25, 0.3) is 5.57 Å². The van der Waals surface area contributed by atoms with E-state index in [9.17, 15) is 9.59 Å². The molecule has 0 fully saturated rings. The van der Waals surface area contributed by atoms with Crippen molar-refractivity contribution in [2.45, 2.75) is 39.4 Å². The molecule has 1 aliphatic rings. The van der Waals surface area contributed by atoms with Gasteiger partial charge in [-0.15, -0.1) is 0 Å². The van der Waals surface area contributed by atoms with E-state index in [4.69, 9.17) is 9.47 Å². The summed E-state index contributed by atoms with van der Waals surface area (Å²) in [7, 11) is 0. The van der Waals surface area contributed by atoms with Crippen molar-refractivity contribution in [3.63, 3.8) is 0 Å². The molecular weight excluding hydrogens is 382 g/mol. The number of nitrogens with one attached hydrogen (secondary N) is 1. The summed E-state index contributed by atoms with van der Waals surface area (Å²) in [5.74, 6) is 0. The maximum Gasteiger partial charge on any atom is 0.412 e. The van der Waals surface area contributed by atoms with Gasteiger partial charge in [-0.05, 0) is 50.0 Å². The first kappa shape index (κ1) is 21.4. The average Bonchev–Trinajstić information content (AvgIpc) is 2.72. The van der Waals surface area contributed by atoms with Crippen LogP contribution >= 0.6 is 0 Å². The molecule has 2 heterocycles. The van der Waals surface area contributed by atoms with Crippen molar-refractivity contribution in [1.29, 1.82) is 0 Å². The summed E-state index contributed by atoms with van der Waals surface area (Å²) >= 11 is 0. The summed E-state index contributed by atoms with van der Waals surface area (Å²) in [5, 5.41) is 2.71. The molecule has 0 radical (unpaired) electrons. The summed E-state index contributed by atoms with van der Waals surface area (Å²) in [4.78, 5) is 30.2. The zero-order valence-corrected chi connectivity index (χ0v) is 17.6. The standard InChI is InChI=1S/C23H27N3O4/c1-23(2,3)30-22(28)26-11-9-18(10-12-26)19-13-20(15-24-14-19)25-21(27)29-16-17-7-5-4-6-8-17/h4-9,13-15H,10-12,16H2,1-3H3,(H,25,27). The number of rotatable bonds is 4. The molecule has 0 spiro atoms. The molecule has 1 aromatic heterocycles. The second kappa shape index (κ2) is 9.43. The first-order valence-corrected chi connectivity index (χ1v) is 9.90. The van der Waals surface area contributed by atoms with Crippen molar-refractivity contribution < 1.29 is 19.1 Å². The second-order valence-electron chi connectivity index (χ2n) is 8.05. The Morgan fingerprint density at radius 1 is 1.17 bits per heavy atom. The number of amides is 2. The third-order valence-corrected chi connectivity index (χ3v) is 4.43. The van der Waals surface area contributed by atoms with Crippen LogP contribution in [0.5, 0.6) is 0 Å². The zero-order valence-electron chi connectivity index (χ0n) is 17.6. The lowest BCUT2D eigenvalue weighted by Crippen LogP contribution is -2.39. The molecular formula is C23H27N3O4. The van der Waals surface area contributed by atoms with Crippen molar-refractivity contribution in [2.75, 3.05) is 18.4 Å². The van der Waals surface area contributed by atoms with Crippen LogP contribution in [0.4, 0.5) is 15.3 Å². The first-order chi connectivity index (χ1) is 14.3. The van der Waals surface area contributed by atoms with E-state index in [1.807, 2.05) is 63.2 Å². The Kier molecular flexibility index (Phi) is 6.72. The van der Waals surface area contributed by atoms with E-state index in [-0.39, 0.29) is 12.7 Å². The van der Waals surface area contributed by atoms with Gasteiger partial charge >= 0.3 is 12.2 Å². The van der Waals surface area contributed by atoms with Gasteiger partial charge < -0.3 is 14.4 Å². The lowest BCUT2D eigenvalue weighted by Gasteiger charge is -2.29. The molecule has 0 atom stereocenters. The number of nitrogens with zero attached hydrogens (tertiary/aromatic N) is 2. The summed E-state index contributed by atoms with van der Waals surface area (Å²) in [5.41, 5.74) is 2.94. The summed E-state index contributed by atoms with van der Waals surface area (Å²) < 4.78 is 10.7. The minimum atomic E-state index is -0.536. The molecule has 30 heavy (non-hydrogen) atoms. The highest BCUT2D eigenvalue weighted by molar-refractivity contribution is 5.85. The molecule has 158 valence electrons. The van der Waals surface area contributed by atoms with Gasteiger partial charge in [0, 0.05) is 19.3 Å². The number of ether oxygens (including phenoxy) is 2. The van der Waals surface area contributed by atoms with Crippen LogP contribution in [0.1, 0.15) is 38.3 Å². The molecule has 0 aliphatic carbocycles. The van der Waals surface area contributed by atoms with Gasteiger partial charge in [-0.1, -0.05) is 36.4 Å². The van der Waals surface area contributed by atoms with Crippen molar-refractivity contribution in [1.82, 2.24) is 9.88 Å². The highest BCUT2D eigenvalue weighted by atomic mass is 16.6. The maximum absolute atomic E-state index is 12.2. The van der Waals surface area contributed by atoms with E-state index < -0.39 is 11.7 Å². The fourth-order valence-corrected chi connectivity index (χ4v) is 2.98. The SMILES string of the molecule is CC(C)(C)OC(=O)N1CC=C(c2cncc(NC(=O)OCc3ccccc3)c2)CC1. The molecule has 0 unspecified atom stereocenters. The number of benzene rings is 1. The Morgan fingerprint density at radius 2 is 1.93 bits per heavy atom. The molecule has 0 bridgehead atoms. The Labute approximate surface area is 176 Å². The fraction of sp³-hybridized carbons (Fsp3) is 0.348. The van der Waals surface area contributed by atoms with E-state index in [1.54, 1.807) is 17.3 Å². The highest BCUT2D eigenvalue weighted by Crippen LogP contribution is 2.25. The summed E-state index contributed by atoms with van der Waals surface area (Å²) in [6.45, 7) is 6.80. The fourth-order valence-electron chi connectivity index (χ4n) is 2.98. The van der Waals surface area contributed by atoms with Crippen LogP contribution in [-0.4, -0.2) is 40.8 Å². The van der Waals surface area contributed by atoms with Gasteiger partial charge in [0.15, 0.2) is 0 Å². The Morgan fingerprint density at radius 3 is 2.60 bits per heavy atom. The smallest absolute Gasteiger partial charge is 0.412 e. The Balaban J connectivity index is 1.56. The molecule has 3 rings (SSSR count). The van der Waals surface area contributed by atoms with Crippen molar-refractivity contribution in [3.05, 3.63) is 66.0 Å². The van der Waals surface area contributed by atoms with Crippen LogP contribution in [0.15, 0.2) is 54.9 Å². The lowest BCUT2D eigenvalue weighted by atomic mass is 10.0. The van der Waals surface area contributed by atoms with Crippen LogP contribution in [0.2, 0.25) is 0 Å². The number of hydrogen-bond acceptors (Lipinski definition) is 5. The van der Waals surface area contributed by atoms with Crippen LogP contribution < -0.4 is 5.32 Å².